The van der Waals surface area contributed by atoms with Crippen LogP contribution in [0.5, 0.6) is 0 Å². The summed E-state index contributed by atoms with van der Waals surface area (Å²) >= 11 is 0. The molecular weight excluding hydrogens is 320 g/mol. The maximum atomic E-state index is 12.1. The van der Waals surface area contributed by atoms with E-state index in [1.807, 2.05) is 24.3 Å². The maximum absolute atomic E-state index is 12.1. The molecule has 0 spiro atoms. The monoisotopic (exact) mass is 344 g/mol. The number of benzene rings is 1. The molecule has 2 saturated heterocycles. The topological polar surface area (TPSA) is 90.5 Å². The lowest BCUT2D eigenvalue weighted by Gasteiger charge is -2.39. The SMILES string of the molecule is CNC(=O)c1ccc(CN2CCC[C@H]([C@]3(C)NC(=O)NC3=O)C2)cc1. The number of nitrogens with one attached hydrogen (secondary N) is 3. The van der Waals surface area contributed by atoms with E-state index in [4.69, 9.17) is 0 Å². The summed E-state index contributed by atoms with van der Waals surface area (Å²) in [5, 5.41) is 7.75. The molecule has 2 atom stereocenters. The summed E-state index contributed by atoms with van der Waals surface area (Å²) in [5.74, 6) is -0.252. The molecule has 1 aromatic carbocycles. The van der Waals surface area contributed by atoms with Gasteiger partial charge in [-0.1, -0.05) is 12.1 Å². The number of amides is 4. The molecule has 0 bridgehead atoms. The second-order valence-corrected chi connectivity index (χ2v) is 6.96. The van der Waals surface area contributed by atoms with Crippen LogP contribution < -0.4 is 16.0 Å². The summed E-state index contributed by atoms with van der Waals surface area (Å²) in [6.07, 6.45) is 1.90. The Hall–Kier alpha value is -2.41. The second-order valence-electron chi connectivity index (χ2n) is 6.96. The van der Waals surface area contributed by atoms with Gasteiger partial charge in [0.25, 0.3) is 11.8 Å². The number of hydrogen-bond donors (Lipinski definition) is 3. The summed E-state index contributed by atoms with van der Waals surface area (Å²) in [6, 6.07) is 7.15. The fraction of sp³-hybridized carbons (Fsp3) is 0.500. The first-order valence-corrected chi connectivity index (χ1v) is 8.59. The quantitative estimate of drug-likeness (QED) is 0.707. The van der Waals surface area contributed by atoms with E-state index in [1.165, 1.54) is 0 Å². The molecule has 3 rings (SSSR count). The van der Waals surface area contributed by atoms with Gasteiger partial charge in [0.15, 0.2) is 0 Å². The average molecular weight is 344 g/mol. The van der Waals surface area contributed by atoms with Gasteiger partial charge in [-0.15, -0.1) is 0 Å². The summed E-state index contributed by atoms with van der Waals surface area (Å²) in [4.78, 5) is 37.6. The number of carbonyl (C=O) groups excluding carboxylic acids is 3. The molecule has 0 saturated carbocycles. The van der Waals surface area contributed by atoms with Gasteiger partial charge in [0.2, 0.25) is 0 Å². The molecule has 134 valence electrons. The zero-order chi connectivity index (χ0) is 18.0. The fourth-order valence-corrected chi connectivity index (χ4v) is 3.68. The molecule has 7 nitrogen and oxygen atoms in total. The van der Waals surface area contributed by atoms with Crippen molar-refractivity contribution in [1.82, 2.24) is 20.9 Å². The highest BCUT2D eigenvalue weighted by atomic mass is 16.2. The highest BCUT2D eigenvalue weighted by Gasteiger charge is 2.48. The van der Waals surface area contributed by atoms with Crippen molar-refractivity contribution in [3.05, 3.63) is 35.4 Å². The van der Waals surface area contributed by atoms with Crippen molar-refractivity contribution in [3.8, 4) is 0 Å². The first-order chi connectivity index (χ1) is 11.9. The normalized spacial score (nSPS) is 26.9. The van der Waals surface area contributed by atoms with Crippen LogP contribution in [-0.4, -0.2) is 48.4 Å². The Morgan fingerprint density at radius 2 is 2.04 bits per heavy atom. The molecule has 7 heteroatoms. The van der Waals surface area contributed by atoms with E-state index < -0.39 is 11.6 Å². The Morgan fingerprint density at radius 1 is 1.32 bits per heavy atom. The third-order valence-corrected chi connectivity index (χ3v) is 5.24. The van der Waals surface area contributed by atoms with E-state index in [9.17, 15) is 14.4 Å². The zero-order valence-electron chi connectivity index (χ0n) is 14.6. The number of rotatable bonds is 4. The molecule has 2 aliphatic heterocycles. The first kappa shape index (κ1) is 17.4. The van der Waals surface area contributed by atoms with Gasteiger partial charge in [-0.3, -0.25) is 19.8 Å². The van der Waals surface area contributed by atoms with Crippen LogP contribution in [0, 0.1) is 5.92 Å². The second kappa shape index (κ2) is 6.84. The van der Waals surface area contributed by atoms with Crippen LogP contribution in [0.3, 0.4) is 0 Å². The lowest BCUT2D eigenvalue weighted by Crippen LogP contribution is -2.55. The van der Waals surface area contributed by atoms with Crippen LogP contribution in [-0.2, 0) is 11.3 Å². The van der Waals surface area contributed by atoms with E-state index >= 15 is 0 Å². The Bertz CT molecular complexity index is 688. The van der Waals surface area contributed by atoms with E-state index in [1.54, 1.807) is 14.0 Å². The van der Waals surface area contributed by atoms with Crippen molar-refractivity contribution in [2.24, 2.45) is 5.92 Å². The Balaban J connectivity index is 1.65. The highest BCUT2D eigenvalue weighted by Crippen LogP contribution is 2.30. The Morgan fingerprint density at radius 3 is 2.64 bits per heavy atom. The van der Waals surface area contributed by atoms with Crippen LogP contribution in [0.15, 0.2) is 24.3 Å². The van der Waals surface area contributed by atoms with Crippen LogP contribution >= 0.6 is 0 Å². The molecule has 4 amide bonds. The third kappa shape index (κ3) is 3.51. The summed E-state index contributed by atoms with van der Waals surface area (Å²) in [7, 11) is 1.61. The van der Waals surface area contributed by atoms with E-state index in [2.05, 4.69) is 20.9 Å². The molecule has 3 N–H and O–H groups in total. The van der Waals surface area contributed by atoms with E-state index in [0.29, 0.717) is 5.56 Å². The van der Waals surface area contributed by atoms with Gasteiger partial charge >= 0.3 is 6.03 Å². The van der Waals surface area contributed by atoms with Crippen molar-refractivity contribution in [1.29, 1.82) is 0 Å². The van der Waals surface area contributed by atoms with Gasteiger partial charge in [-0.05, 0) is 44.0 Å². The van der Waals surface area contributed by atoms with Gasteiger partial charge in [0.05, 0.1) is 0 Å². The molecule has 2 aliphatic rings. The van der Waals surface area contributed by atoms with E-state index in [-0.39, 0.29) is 17.7 Å². The number of likely N-dealkylation sites (tertiary alicyclic amines) is 1. The number of hydrogen-bond acceptors (Lipinski definition) is 4. The largest absolute Gasteiger partial charge is 0.355 e. The third-order valence-electron chi connectivity index (χ3n) is 5.24. The van der Waals surface area contributed by atoms with Gasteiger partial charge < -0.3 is 10.6 Å². The Labute approximate surface area is 147 Å². The summed E-state index contributed by atoms with van der Waals surface area (Å²) in [5.41, 5.74) is 0.928. The highest BCUT2D eigenvalue weighted by molar-refractivity contribution is 6.07. The molecule has 0 aliphatic carbocycles. The molecule has 1 aromatic rings. The predicted molar refractivity (Wildman–Crippen MR) is 92.9 cm³/mol. The van der Waals surface area contributed by atoms with Gasteiger partial charge in [0, 0.05) is 31.6 Å². The van der Waals surface area contributed by atoms with Crippen LogP contribution in [0.2, 0.25) is 0 Å². The smallest absolute Gasteiger partial charge is 0.322 e. The molecule has 25 heavy (non-hydrogen) atoms. The lowest BCUT2D eigenvalue weighted by atomic mass is 9.80. The van der Waals surface area contributed by atoms with Gasteiger partial charge in [-0.25, -0.2) is 4.79 Å². The molecule has 0 radical (unpaired) electrons. The molecule has 2 heterocycles. The molecular formula is C18H24N4O3. The van der Waals surface area contributed by atoms with Gasteiger partial charge in [-0.2, -0.15) is 0 Å². The standard InChI is InChI=1S/C18H24N4O3/c1-18(16(24)20-17(25)21-18)14-4-3-9-22(11-14)10-12-5-7-13(8-6-12)15(23)19-2/h5-8,14H,3-4,9-11H2,1-2H3,(H,19,23)(H2,20,21,24,25)/t14-,18-/m0/s1. The number of nitrogens with zero attached hydrogens (tertiary/aromatic N) is 1. The van der Waals surface area contributed by atoms with Crippen molar-refractivity contribution in [2.75, 3.05) is 20.1 Å². The minimum atomic E-state index is -0.834. The van der Waals surface area contributed by atoms with E-state index in [0.717, 1.165) is 38.0 Å². The molecule has 2 fully saturated rings. The van der Waals surface area contributed by atoms with Crippen molar-refractivity contribution >= 4 is 17.8 Å². The zero-order valence-corrected chi connectivity index (χ0v) is 14.6. The van der Waals surface area contributed by atoms with Crippen LogP contribution in [0.25, 0.3) is 0 Å². The van der Waals surface area contributed by atoms with Crippen LogP contribution in [0.4, 0.5) is 4.79 Å². The van der Waals surface area contributed by atoms with Crippen molar-refractivity contribution in [2.45, 2.75) is 31.8 Å². The van der Waals surface area contributed by atoms with Gasteiger partial charge in [0.1, 0.15) is 5.54 Å². The van der Waals surface area contributed by atoms with Crippen molar-refractivity contribution in [3.63, 3.8) is 0 Å². The fourth-order valence-electron chi connectivity index (χ4n) is 3.68. The minimum absolute atomic E-state index is 0.0813. The Kier molecular flexibility index (Phi) is 4.76. The summed E-state index contributed by atoms with van der Waals surface area (Å²) in [6.45, 7) is 4.27. The number of piperidine rings is 1. The molecule has 0 aromatic heterocycles. The summed E-state index contributed by atoms with van der Waals surface area (Å²) < 4.78 is 0. The van der Waals surface area contributed by atoms with Crippen molar-refractivity contribution < 1.29 is 14.4 Å². The number of carbonyl (C=O) groups is 3. The molecule has 0 unspecified atom stereocenters. The minimum Gasteiger partial charge on any atom is -0.355 e. The first-order valence-electron chi connectivity index (χ1n) is 8.59. The average Bonchev–Trinajstić information content (AvgIpc) is 2.88. The van der Waals surface area contributed by atoms with Crippen LogP contribution in [0.1, 0.15) is 35.7 Å². The lowest BCUT2D eigenvalue weighted by molar-refractivity contribution is -0.126. The maximum Gasteiger partial charge on any atom is 0.322 e. The predicted octanol–water partition coefficient (Wildman–Crippen LogP) is 0.856. The number of urea groups is 1. The number of imide groups is 1.